The minimum absolute atomic E-state index is 0.0515. The number of nitrogens with zero attached hydrogens (tertiary/aromatic N) is 3. The van der Waals surface area contributed by atoms with Gasteiger partial charge in [0.1, 0.15) is 0 Å². The Labute approximate surface area is 179 Å². The number of benzene rings is 1. The number of carbonyl (C=O) groups is 1. The van der Waals surface area contributed by atoms with Crippen LogP contribution in [0.2, 0.25) is 5.02 Å². The van der Waals surface area contributed by atoms with Crippen molar-refractivity contribution in [2.24, 2.45) is 4.99 Å². The van der Waals surface area contributed by atoms with Gasteiger partial charge in [-0.15, -0.1) is 0 Å². The first-order chi connectivity index (χ1) is 14.1. The number of hydrogen-bond acceptors (Lipinski definition) is 4. The van der Waals surface area contributed by atoms with Crippen LogP contribution in [0.25, 0.3) is 0 Å². The van der Waals surface area contributed by atoms with Gasteiger partial charge in [-0.05, 0) is 31.4 Å². The first-order valence-corrected chi connectivity index (χ1v) is 10.8. The van der Waals surface area contributed by atoms with E-state index < -0.39 is 0 Å². The number of rotatable bonds is 10. The number of aliphatic imine (C=N–C) groups is 1. The van der Waals surface area contributed by atoms with Crippen LogP contribution in [0.3, 0.4) is 0 Å². The number of hydrogen-bond donors (Lipinski definition) is 2. The fourth-order valence-corrected chi connectivity index (χ4v) is 3.48. The maximum absolute atomic E-state index is 12.0. The van der Waals surface area contributed by atoms with Gasteiger partial charge in [0.25, 0.3) is 0 Å². The summed E-state index contributed by atoms with van der Waals surface area (Å²) in [5.74, 6) is 1.01. The Kier molecular flexibility index (Phi) is 10.8. The number of halogens is 1. The Morgan fingerprint density at radius 2 is 1.97 bits per heavy atom. The van der Waals surface area contributed by atoms with Crippen molar-refractivity contribution in [3.8, 4) is 0 Å². The summed E-state index contributed by atoms with van der Waals surface area (Å²) < 4.78 is 4.96. The maximum Gasteiger partial charge on any atom is 0.234 e. The van der Waals surface area contributed by atoms with Crippen LogP contribution in [0.15, 0.2) is 29.3 Å². The van der Waals surface area contributed by atoms with Gasteiger partial charge in [0.05, 0.1) is 13.2 Å². The van der Waals surface area contributed by atoms with Crippen LogP contribution < -0.4 is 10.6 Å². The molecule has 1 aliphatic rings. The lowest BCUT2D eigenvalue weighted by atomic mass is 10.1. The van der Waals surface area contributed by atoms with E-state index in [-0.39, 0.29) is 5.91 Å². The molecule has 0 saturated carbocycles. The van der Waals surface area contributed by atoms with Crippen molar-refractivity contribution in [2.45, 2.75) is 19.8 Å². The van der Waals surface area contributed by atoms with Gasteiger partial charge in [0, 0.05) is 57.9 Å². The maximum atomic E-state index is 12.0. The van der Waals surface area contributed by atoms with Gasteiger partial charge >= 0.3 is 0 Å². The largest absolute Gasteiger partial charge is 0.383 e. The Balaban J connectivity index is 1.75. The van der Waals surface area contributed by atoms with Crippen molar-refractivity contribution in [1.82, 2.24) is 20.4 Å². The highest BCUT2D eigenvalue weighted by molar-refractivity contribution is 6.31. The Morgan fingerprint density at radius 1 is 1.21 bits per heavy atom. The molecule has 29 heavy (non-hydrogen) atoms. The van der Waals surface area contributed by atoms with Crippen LogP contribution in [-0.2, 0) is 16.0 Å². The predicted octanol–water partition coefficient (Wildman–Crippen LogP) is 1.62. The van der Waals surface area contributed by atoms with Crippen LogP contribution in [-0.4, -0.2) is 87.7 Å². The summed E-state index contributed by atoms with van der Waals surface area (Å²) in [6, 6.07) is 7.98. The number of nitrogens with one attached hydrogen (secondary N) is 2. The lowest BCUT2D eigenvalue weighted by Gasteiger charge is -2.36. The smallest absolute Gasteiger partial charge is 0.234 e. The summed E-state index contributed by atoms with van der Waals surface area (Å²) in [7, 11) is 1.63. The zero-order valence-electron chi connectivity index (χ0n) is 17.6. The third-order valence-corrected chi connectivity index (χ3v) is 5.19. The number of guanidine groups is 1. The van der Waals surface area contributed by atoms with Crippen molar-refractivity contribution in [1.29, 1.82) is 0 Å². The minimum atomic E-state index is 0.0515. The standard InChI is InChI=1S/C21H34ClN5O2/c1-3-23-21(25-10-6-8-18-7-4-5-9-19(18)22)27-14-12-26(13-15-27)17-20(28)24-11-16-29-2/h4-5,7,9H,3,6,8,10-17H2,1-2H3,(H,23,25)(H,24,28). The van der Waals surface area contributed by atoms with Gasteiger partial charge in [-0.3, -0.25) is 14.7 Å². The van der Waals surface area contributed by atoms with Crippen LogP contribution in [0.1, 0.15) is 18.9 Å². The molecule has 0 radical (unpaired) electrons. The molecular weight excluding hydrogens is 390 g/mol. The van der Waals surface area contributed by atoms with E-state index in [9.17, 15) is 4.79 Å². The van der Waals surface area contributed by atoms with Gasteiger partial charge in [0.2, 0.25) is 5.91 Å². The van der Waals surface area contributed by atoms with Crippen LogP contribution in [0, 0.1) is 0 Å². The predicted molar refractivity (Wildman–Crippen MR) is 119 cm³/mol. The van der Waals surface area contributed by atoms with E-state index in [1.807, 2.05) is 18.2 Å². The van der Waals surface area contributed by atoms with Crippen LogP contribution in [0.5, 0.6) is 0 Å². The molecule has 0 aromatic heterocycles. The Hall–Kier alpha value is -1.83. The topological polar surface area (TPSA) is 69.2 Å². The molecule has 2 N–H and O–H groups in total. The molecule has 2 rings (SSSR count). The average molecular weight is 424 g/mol. The van der Waals surface area contributed by atoms with Crippen LogP contribution >= 0.6 is 11.6 Å². The SMILES string of the molecule is CCNC(=NCCCc1ccccc1Cl)N1CCN(CC(=O)NCCOC)CC1. The van der Waals surface area contributed by atoms with E-state index in [4.69, 9.17) is 21.3 Å². The van der Waals surface area contributed by atoms with Crippen LogP contribution in [0.4, 0.5) is 0 Å². The van der Waals surface area contributed by atoms with E-state index >= 15 is 0 Å². The van der Waals surface area contributed by atoms with Crippen molar-refractivity contribution >= 4 is 23.5 Å². The molecule has 162 valence electrons. The normalized spacial score (nSPS) is 15.4. The van der Waals surface area contributed by atoms with Gasteiger partial charge in [-0.1, -0.05) is 29.8 Å². The molecule has 1 heterocycles. The number of methoxy groups -OCH3 is 1. The van der Waals surface area contributed by atoms with Gasteiger partial charge < -0.3 is 20.3 Å². The number of amides is 1. The van der Waals surface area contributed by atoms with Gasteiger partial charge in [-0.25, -0.2) is 0 Å². The zero-order chi connectivity index (χ0) is 20.9. The quantitative estimate of drug-likeness (QED) is 0.340. The zero-order valence-corrected chi connectivity index (χ0v) is 18.4. The summed E-state index contributed by atoms with van der Waals surface area (Å²) in [6.45, 7) is 8.64. The summed E-state index contributed by atoms with van der Waals surface area (Å²) >= 11 is 6.23. The monoisotopic (exact) mass is 423 g/mol. The van der Waals surface area contributed by atoms with E-state index in [2.05, 4.69) is 33.4 Å². The van der Waals surface area contributed by atoms with E-state index in [1.165, 1.54) is 5.56 Å². The summed E-state index contributed by atoms with van der Waals surface area (Å²) in [4.78, 5) is 21.2. The number of ether oxygens (including phenoxy) is 1. The first kappa shape index (κ1) is 23.4. The molecule has 0 spiro atoms. The molecule has 0 bridgehead atoms. The number of aryl methyl sites for hydroxylation is 1. The molecule has 1 aromatic rings. The van der Waals surface area contributed by atoms with Gasteiger partial charge in [-0.2, -0.15) is 0 Å². The Bertz CT molecular complexity index is 648. The highest BCUT2D eigenvalue weighted by Gasteiger charge is 2.21. The first-order valence-electron chi connectivity index (χ1n) is 10.4. The summed E-state index contributed by atoms with van der Waals surface area (Å²) in [5, 5.41) is 7.09. The molecule has 8 heteroatoms. The number of piperazine rings is 1. The molecule has 7 nitrogen and oxygen atoms in total. The highest BCUT2D eigenvalue weighted by Crippen LogP contribution is 2.16. The van der Waals surface area contributed by atoms with E-state index in [0.29, 0.717) is 19.7 Å². The lowest BCUT2D eigenvalue weighted by molar-refractivity contribution is -0.122. The van der Waals surface area contributed by atoms with Crippen molar-refractivity contribution in [2.75, 3.05) is 66.1 Å². The molecule has 1 amide bonds. The van der Waals surface area contributed by atoms with Crippen molar-refractivity contribution in [3.05, 3.63) is 34.9 Å². The molecule has 0 atom stereocenters. The Morgan fingerprint density at radius 3 is 2.66 bits per heavy atom. The molecule has 1 saturated heterocycles. The van der Waals surface area contributed by atoms with E-state index in [1.54, 1.807) is 7.11 Å². The molecule has 0 aliphatic carbocycles. The second-order valence-electron chi connectivity index (χ2n) is 7.04. The highest BCUT2D eigenvalue weighted by atomic mass is 35.5. The molecular formula is C21H34ClN5O2. The third kappa shape index (κ3) is 8.60. The van der Waals surface area contributed by atoms with Crippen molar-refractivity contribution in [3.63, 3.8) is 0 Å². The second-order valence-corrected chi connectivity index (χ2v) is 7.44. The summed E-state index contributed by atoms with van der Waals surface area (Å²) in [5.41, 5.74) is 1.17. The molecule has 0 unspecified atom stereocenters. The average Bonchev–Trinajstić information content (AvgIpc) is 2.72. The molecule has 1 aromatic carbocycles. The van der Waals surface area contributed by atoms with Crippen molar-refractivity contribution < 1.29 is 9.53 Å². The minimum Gasteiger partial charge on any atom is -0.383 e. The third-order valence-electron chi connectivity index (χ3n) is 4.83. The van der Waals surface area contributed by atoms with Gasteiger partial charge in [0.15, 0.2) is 5.96 Å². The number of carbonyl (C=O) groups excluding carboxylic acids is 1. The molecule has 1 aliphatic heterocycles. The van der Waals surface area contributed by atoms with E-state index in [0.717, 1.165) is 63.1 Å². The lowest BCUT2D eigenvalue weighted by Crippen LogP contribution is -2.54. The fourth-order valence-electron chi connectivity index (χ4n) is 3.25. The fraction of sp³-hybridized carbons (Fsp3) is 0.619. The molecule has 1 fully saturated rings. The second kappa shape index (κ2) is 13.4. The summed E-state index contributed by atoms with van der Waals surface area (Å²) in [6.07, 6.45) is 1.88.